The number of carbonyl (C=O) groups is 1. The fourth-order valence-electron chi connectivity index (χ4n) is 0.967. The summed E-state index contributed by atoms with van der Waals surface area (Å²) in [6, 6.07) is 0. The van der Waals surface area contributed by atoms with Gasteiger partial charge in [0.2, 0.25) is 0 Å². The summed E-state index contributed by atoms with van der Waals surface area (Å²) in [6.45, 7) is 0. The van der Waals surface area contributed by atoms with Crippen LogP contribution in [0, 0.1) is 0 Å². The lowest BCUT2D eigenvalue weighted by atomic mass is 10.3. The summed E-state index contributed by atoms with van der Waals surface area (Å²) < 4.78 is 1.62. The SMILES string of the molecule is O=CC1(n2cncn2)CC1. The molecule has 0 saturated heterocycles. The number of hydrogen-bond donors (Lipinski definition) is 0. The lowest BCUT2D eigenvalue weighted by Crippen LogP contribution is -2.18. The predicted octanol–water partition coefficient (Wildman–Crippen LogP) is -0.0339. The maximum Gasteiger partial charge on any atom is 0.147 e. The van der Waals surface area contributed by atoms with Crippen molar-refractivity contribution in [1.82, 2.24) is 14.8 Å². The second-order valence-corrected chi connectivity index (χ2v) is 2.56. The Hall–Kier alpha value is -1.19. The predicted molar refractivity (Wildman–Crippen MR) is 33.3 cm³/mol. The first-order valence-corrected chi connectivity index (χ1v) is 3.19. The van der Waals surface area contributed by atoms with E-state index in [4.69, 9.17) is 0 Å². The fraction of sp³-hybridized carbons (Fsp3) is 0.500. The largest absolute Gasteiger partial charge is 0.301 e. The Bertz CT molecular complexity index is 238. The van der Waals surface area contributed by atoms with Gasteiger partial charge in [-0.1, -0.05) is 0 Å². The number of nitrogens with zero attached hydrogens (tertiary/aromatic N) is 3. The van der Waals surface area contributed by atoms with E-state index in [1.165, 1.54) is 6.33 Å². The molecule has 1 aliphatic carbocycles. The van der Waals surface area contributed by atoms with Crippen molar-refractivity contribution in [3.63, 3.8) is 0 Å². The van der Waals surface area contributed by atoms with E-state index in [1.54, 1.807) is 11.0 Å². The Morgan fingerprint density at radius 1 is 1.60 bits per heavy atom. The number of rotatable bonds is 2. The molecule has 0 bridgehead atoms. The van der Waals surface area contributed by atoms with Crippen LogP contribution in [0.2, 0.25) is 0 Å². The molecule has 0 amide bonds. The highest BCUT2D eigenvalue weighted by atomic mass is 16.1. The van der Waals surface area contributed by atoms with E-state index >= 15 is 0 Å². The van der Waals surface area contributed by atoms with Crippen molar-refractivity contribution in [3.05, 3.63) is 12.7 Å². The number of aromatic nitrogens is 3. The van der Waals surface area contributed by atoms with Crippen LogP contribution in [0.15, 0.2) is 12.7 Å². The summed E-state index contributed by atoms with van der Waals surface area (Å²) in [5.74, 6) is 0. The zero-order chi connectivity index (χ0) is 7.03. The molecule has 1 aromatic heterocycles. The highest BCUT2D eigenvalue weighted by molar-refractivity contribution is 5.65. The molecular formula is C6H7N3O. The number of hydrogen-bond acceptors (Lipinski definition) is 3. The van der Waals surface area contributed by atoms with Crippen LogP contribution in [-0.2, 0) is 10.3 Å². The first kappa shape index (κ1) is 5.58. The number of carbonyl (C=O) groups excluding carboxylic acids is 1. The average Bonchev–Trinajstić information content (AvgIpc) is 2.58. The third kappa shape index (κ3) is 0.586. The smallest absolute Gasteiger partial charge is 0.147 e. The highest BCUT2D eigenvalue weighted by Crippen LogP contribution is 2.40. The van der Waals surface area contributed by atoms with Gasteiger partial charge in [-0.3, -0.25) is 0 Å². The van der Waals surface area contributed by atoms with Gasteiger partial charge in [0.15, 0.2) is 0 Å². The normalized spacial score (nSPS) is 20.4. The van der Waals surface area contributed by atoms with Gasteiger partial charge in [0.05, 0.1) is 0 Å². The Balaban J connectivity index is 2.35. The van der Waals surface area contributed by atoms with E-state index < -0.39 is 0 Å². The fourth-order valence-corrected chi connectivity index (χ4v) is 0.967. The van der Waals surface area contributed by atoms with Crippen LogP contribution in [0.1, 0.15) is 12.8 Å². The molecule has 1 aliphatic rings. The van der Waals surface area contributed by atoms with Crippen molar-refractivity contribution in [3.8, 4) is 0 Å². The Labute approximate surface area is 57.9 Å². The molecule has 0 N–H and O–H groups in total. The maximum absolute atomic E-state index is 10.5. The first-order chi connectivity index (χ1) is 4.87. The molecule has 4 nitrogen and oxygen atoms in total. The van der Waals surface area contributed by atoms with Crippen molar-refractivity contribution >= 4 is 6.29 Å². The zero-order valence-corrected chi connectivity index (χ0v) is 5.40. The number of aldehydes is 1. The van der Waals surface area contributed by atoms with Gasteiger partial charge in [0.1, 0.15) is 24.5 Å². The Morgan fingerprint density at radius 3 is 2.80 bits per heavy atom. The first-order valence-electron chi connectivity index (χ1n) is 3.19. The van der Waals surface area contributed by atoms with Gasteiger partial charge in [0.25, 0.3) is 0 Å². The third-order valence-corrected chi connectivity index (χ3v) is 1.86. The molecule has 52 valence electrons. The summed E-state index contributed by atoms with van der Waals surface area (Å²) in [6.07, 6.45) is 5.78. The quantitative estimate of drug-likeness (QED) is 0.537. The van der Waals surface area contributed by atoms with Crippen LogP contribution >= 0.6 is 0 Å². The maximum atomic E-state index is 10.5. The molecule has 0 aliphatic heterocycles. The minimum absolute atomic E-state index is 0.323. The van der Waals surface area contributed by atoms with E-state index in [9.17, 15) is 4.79 Å². The summed E-state index contributed by atoms with van der Waals surface area (Å²) in [4.78, 5) is 14.3. The summed E-state index contributed by atoms with van der Waals surface area (Å²) >= 11 is 0. The van der Waals surface area contributed by atoms with E-state index in [2.05, 4.69) is 10.1 Å². The van der Waals surface area contributed by atoms with Crippen LogP contribution < -0.4 is 0 Å². The molecule has 0 atom stereocenters. The Kier molecular flexibility index (Phi) is 0.922. The lowest BCUT2D eigenvalue weighted by molar-refractivity contribution is -0.111. The van der Waals surface area contributed by atoms with E-state index in [1.807, 2.05) is 0 Å². The molecule has 1 aromatic rings. The lowest BCUT2D eigenvalue weighted by Gasteiger charge is -2.03. The van der Waals surface area contributed by atoms with Crippen molar-refractivity contribution in [2.75, 3.05) is 0 Å². The monoisotopic (exact) mass is 137 g/mol. The van der Waals surface area contributed by atoms with E-state index in [0.29, 0.717) is 0 Å². The molecule has 4 heteroatoms. The Morgan fingerprint density at radius 2 is 2.40 bits per heavy atom. The van der Waals surface area contributed by atoms with Gasteiger partial charge >= 0.3 is 0 Å². The van der Waals surface area contributed by atoms with Crippen LogP contribution in [0.4, 0.5) is 0 Å². The van der Waals surface area contributed by atoms with Crippen LogP contribution in [0.5, 0.6) is 0 Å². The minimum atomic E-state index is -0.323. The zero-order valence-electron chi connectivity index (χ0n) is 5.40. The summed E-state index contributed by atoms with van der Waals surface area (Å²) in [5.41, 5.74) is -0.323. The molecule has 0 spiro atoms. The third-order valence-electron chi connectivity index (χ3n) is 1.86. The van der Waals surface area contributed by atoms with Gasteiger partial charge in [-0.25, -0.2) is 9.67 Å². The molecule has 1 fully saturated rings. The molecule has 0 unspecified atom stereocenters. The molecule has 10 heavy (non-hydrogen) atoms. The van der Waals surface area contributed by atoms with Crippen molar-refractivity contribution in [1.29, 1.82) is 0 Å². The topological polar surface area (TPSA) is 47.8 Å². The standard InChI is InChI=1S/C6H7N3O/c10-3-6(1-2-6)9-5-7-4-8-9/h3-5H,1-2H2. The average molecular weight is 137 g/mol. The van der Waals surface area contributed by atoms with Gasteiger partial charge < -0.3 is 4.79 Å². The van der Waals surface area contributed by atoms with Crippen LogP contribution in [-0.4, -0.2) is 21.1 Å². The van der Waals surface area contributed by atoms with Gasteiger partial charge in [-0.2, -0.15) is 5.10 Å². The molecule has 2 rings (SSSR count). The van der Waals surface area contributed by atoms with Crippen molar-refractivity contribution < 1.29 is 4.79 Å². The van der Waals surface area contributed by atoms with Crippen molar-refractivity contribution in [2.24, 2.45) is 0 Å². The van der Waals surface area contributed by atoms with E-state index in [0.717, 1.165) is 19.1 Å². The van der Waals surface area contributed by atoms with Gasteiger partial charge in [-0.05, 0) is 12.8 Å². The highest BCUT2D eigenvalue weighted by Gasteiger charge is 2.45. The van der Waals surface area contributed by atoms with Crippen LogP contribution in [0.25, 0.3) is 0 Å². The van der Waals surface area contributed by atoms with Gasteiger partial charge in [-0.15, -0.1) is 0 Å². The van der Waals surface area contributed by atoms with Crippen molar-refractivity contribution in [2.45, 2.75) is 18.4 Å². The molecule has 1 heterocycles. The molecule has 1 saturated carbocycles. The van der Waals surface area contributed by atoms with Gasteiger partial charge in [0, 0.05) is 0 Å². The van der Waals surface area contributed by atoms with E-state index in [-0.39, 0.29) is 5.54 Å². The van der Waals surface area contributed by atoms with Crippen LogP contribution in [0.3, 0.4) is 0 Å². The second-order valence-electron chi connectivity index (χ2n) is 2.56. The summed E-state index contributed by atoms with van der Waals surface area (Å²) in [5, 5.41) is 3.90. The molecule has 0 radical (unpaired) electrons. The molecule has 0 aromatic carbocycles. The minimum Gasteiger partial charge on any atom is -0.301 e. The summed E-state index contributed by atoms with van der Waals surface area (Å²) in [7, 11) is 0. The molecular weight excluding hydrogens is 130 g/mol. The second kappa shape index (κ2) is 1.65.